The van der Waals surface area contributed by atoms with E-state index in [1.54, 1.807) is 13.8 Å². The van der Waals surface area contributed by atoms with Crippen LogP contribution in [-0.2, 0) is 21.3 Å². The molecule has 0 fully saturated rings. The van der Waals surface area contributed by atoms with Crippen molar-refractivity contribution in [3.05, 3.63) is 34.1 Å². The summed E-state index contributed by atoms with van der Waals surface area (Å²) in [6, 6.07) is 4.05. The largest absolute Gasteiger partial charge is 0.480 e. The molecule has 0 aliphatic rings. The van der Waals surface area contributed by atoms with E-state index in [4.69, 9.17) is 5.11 Å². The van der Waals surface area contributed by atoms with Gasteiger partial charge >= 0.3 is 5.97 Å². The Balaban J connectivity index is 2.89. The maximum absolute atomic E-state index is 12.9. The first-order chi connectivity index (χ1) is 8.32. The zero-order valence-electron chi connectivity index (χ0n) is 10.0. The maximum Gasteiger partial charge on any atom is 0.319 e. The van der Waals surface area contributed by atoms with Gasteiger partial charge in [-0.1, -0.05) is 35.8 Å². The van der Waals surface area contributed by atoms with Crippen molar-refractivity contribution in [2.45, 2.75) is 24.9 Å². The summed E-state index contributed by atoms with van der Waals surface area (Å²) in [5, 5.41) is 8.13. The lowest BCUT2D eigenvalue weighted by molar-refractivity contribution is -0.137. The number of carbonyl (C=O) groups is 1. The zero-order valence-corrected chi connectivity index (χ0v) is 12.4. The Labute approximate surface area is 116 Å². The number of carboxylic acids is 1. The fraction of sp³-hybridized carbons (Fsp3) is 0.417. The average molecular weight is 337 g/mol. The van der Waals surface area contributed by atoms with Gasteiger partial charge in [0.1, 0.15) is 11.1 Å². The van der Waals surface area contributed by atoms with Crippen molar-refractivity contribution in [2.24, 2.45) is 5.92 Å². The predicted octanol–water partition coefficient (Wildman–Crippen LogP) is 2.95. The van der Waals surface area contributed by atoms with E-state index in [0.29, 0.717) is 10.0 Å². The minimum Gasteiger partial charge on any atom is -0.480 e. The molecule has 1 N–H and O–H groups in total. The number of halogens is 2. The first-order valence-corrected chi connectivity index (χ1v) is 7.54. The van der Waals surface area contributed by atoms with E-state index in [1.807, 2.05) is 0 Å². The van der Waals surface area contributed by atoms with Crippen LogP contribution in [0.2, 0.25) is 0 Å². The molecule has 6 heteroatoms. The molecule has 0 aliphatic heterocycles. The number of carboxylic acid groups (broad SMARTS) is 1. The lowest BCUT2D eigenvalue weighted by atomic mass is 10.1. The van der Waals surface area contributed by atoms with Crippen molar-refractivity contribution >= 4 is 32.7 Å². The quantitative estimate of drug-likeness (QED) is 0.899. The summed E-state index contributed by atoms with van der Waals surface area (Å²) < 4.78 is 25.5. The highest BCUT2D eigenvalue weighted by Crippen LogP contribution is 2.22. The summed E-state index contributed by atoms with van der Waals surface area (Å²) in [6.07, 6.45) is 0. The second kappa shape index (κ2) is 6.43. The summed E-state index contributed by atoms with van der Waals surface area (Å²) in [5.41, 5.74) is 0.640. The van der Waals surface area contributed by atoms with Gasteiger partial charge in [-0.3, -0.25) is 9.00 Å². The molecule has 1 rings (SSSR count). The second-order valence-electron chi connectivity index (χ2n) is 4.26. The molecule has 1 aromatic carbocycles. The molecule has 0 aliphatic carbocycles. The Morgan fingerprint density at radius 2 is 2.11 bits per heavy atom. The standard InChI is InChI=1S/C12H14BrFO3S/c1-7(2)11(12(15)16)18(17)6-8-3-4-9(14)5-10(8)13/h3-5,7,11H,6H2,1-2H3,(H,15,16). The van der Waals surface area contributed by atoms with E-state index in [-0.39, 0.29) is 11.7 Å². The average Bonchev–Trinajstić information content (AvgIpc) is 2.21. The minimum atomic E-state index is -1.54. The van der Waals surface area contributed by atoms with Gasteiger partial charge in [-0.05, 0) is 23.6 Å². The molecule has 18 heavy (non-hydrogen) atoms. The van der Waals surface area contributed by atoms with Crippen LogP contribution in [0.25, 0.3) is 0 Å². The van der Waals surface area contributed by atoms with E-state index in [2.05, 4.69) is 15.9 Å². The van der Waals surface area contributed by atoms with Crippen LogP contribution in [0.15, 0.2) is 22.7 Å². The van der Waals surface area contributed by atoms with E-state index in [9.17, 15) is 13.4 Å². The molecule has 0 aromatic heterocycles. The number of hydrogen-bond donors (Lipinski definition) is 1. The van der Waals surface area contributed by atoms with Crippen LogP contribution in [0, 0.1) is 11.7 Å². The van der Waals surface area contributed by atoms with E-state index < -0.39 is 27.8 Å². The monoisotopic (exact) mass is 336 g/mol. The highest BCUT2D eigenvalue weighted by atomic mass is 79.9. The first-order valence-electron chi connectivity index (χ1n) is 5.37. The lowest BCUT2D eigenvalue weighted by Gasteiger charge is -2.16. The summed E-state index contributed by atoms with van der Waals surface area (Å²) >= 11 is 3.18. The summed E-state index contributed by atoms with van der Waals surface area (Å²) in [7, 11) is -1.54. The van der Waals surface area contributed by atoms with Crippen molar-refractivity contribution in [3.63, 3.8) is 0 Å². The van der Waals surface area contributed by atoms with Gasteiger partial charge in [-0.15, -0.1) is 0 Å². The smallest absolute Gasteiger partial charge is 0.319 e. The molecule has 0 heterocycles. The van der Waals surface area contributed by atoms with Gasteiger partial charge in [0, 0.05) is 15.3 Å². The van der Waals surface area contributed by atoms with Gasteiger partial charge in [-0.2, -0.15) is 0 Å². The number of benzene rings is 1. The van der Waals surface area contributed by atoms with Crippen molar-refractivity contribution in [1.29, 1.82) is 0 Å². The van der Waals surface area contributed by atoms with Gasteiger partial charge in [-0.25, -0.2) is 4.39 Å². The van der Waals surface area contributed by atoms with Gasteiger partial charge in [0.05, 0.1) is 5.75 Å². The highest BCUT2D eigenvalue weighted by Gasteiger charge is 2.28. The molecule has 0 bridgehead atoms. The molecule has 0 radical (unpaired) electrons. The third kappa shape index (κ3) is 3.88. The molecule has 0 spiro atoms. The highest BCUT2D eigenvalue weighted by molar-refractivity contribution is 9.10. The van der Waals surface area contributed by atoms with Crippen molar-refractivity contribution in [2.75, 3.05) is 0 Å². The van der Waals surface area contributed by atoms with Crippen LogP contribution < -0.4 is 0 Å². The third-order valence-electron chi connectivity index (χ3n) is 2.44. The number of hydrogen-bond acceptors (Lipinski definition) is 2. The molecule has 3 nitrogen and oxygen atoms in total. The lowest BCUT2D eigenvalue weighted by Crippen LogP contribution is -2.31. The Hall–Kier alpha value is -0.750. The third-order valence-corrected chi connectivity index (χ3v) is 5.09. The van der Waals surface area contributed by atoms with Gasteiger partial charge < -0.3 is 5.11 Å². The van der Waals surface area contributed by atoms with Gasteiger partial charge in [0.2, 0.25) is 0 Å². The molecule has 0 saturated carbocycles. The predicted molar refractivity (Wildman–Crippen MR) is 72.2 cm³/mol. The number of aliphatic carboxylic acids is 1. The SMILES string of the molecule is CC(C)C(C(=O)O)S(=O)Cc1ccc(F)cc1Br. The Morgan fingerprint density at radius 3 is 2.56 bits per heavy atom. The van der Waals surface area contributed by atoms with Crippen LogP contribution in [0.1, 0.15) is 19.4 Å². The topological polar surface area (TPSA) is 54.4 Å². The van der Waals surface area contributed by atoms with E-state index in [0.717, 1.165) is 0 Å². The van der Waals surface area contributed by atoms with Crippen molar-refractivity contribution in [3.8, 4) is 0 Å². The Kier molecular flexibility index (Phi) is 5.47. The fourth-order valence-electron chi connectivity index (χ4n) is 1.58. The van der Waals surface area contributed by atoms with Crippen LogP contribution in [0.4, 0.5) is 4.39 Å². The van der Waals surface area contributed by atoms with Gasteiger partial charge in [0.15, 0.2) is 0 Å². The Bertz CT molecular complexity index is 476. The van der Waals surface area contributed by atoms with Crippen LogP contribution >= 0.6 is 15.9 Å². The molecule has 0 saturated heterocycles. The number of rotatable bonds is 5. The molecular formula is C12H14BrFO3S. The maximum atomic E-state index is 12.9. The summed E-state index contributed by atoms with van der Waals surface area (Å²) in [4.78, 5) is 11.0. The molecule has 1 aromatic rings. The minimum absolute atomic E-state index is 0.0933. The molecule has 0 amide bonds. The summed E-state index contributed by atoms with van der Waals surface area (Å²) in [5.74, 6) is -1.59. The second-order valence-corrected chi connectivity index (χ2v) is 6.68. The van der Waals surface area contributed by atoms with E-state index >= 15 is 0 Å². The summed E-state index contributed by atoms with van der Waals surface area (Å²) in [6.45, 7) is 3.44. The molecule has 2 unspecified atom stereocenters. The molecule has 100 valence electrons. The van der Waals surface area contributed by atoms with Crippen LogP contribution in [-0.4, -0.2) is 20.5 Å². The normalized spacial score (nSPS) is 14.5. The van der Waals surface area contributed by atoms with Gasteiger partial charge in [0.25, 0.3) is 0 Å². The Morgan fingerprint density at radius 1 is 1.50 bits per heavy atom. The van der Waals surface area contributed by atoms with Crippen molar-refractivity contribution < 1.29 is 18.5 Å². The molecular weight excluding hydrogens is 323 g/mol. The zero-order chi connectivity index (χ0) is 13.9. The van der Waals surface area contributed by atoms with Crippen LogP contribution in [0.5, 0.6) is 0 Å². The molecule has 2 atom stereocenters. The first kappa shape index (κ1) is 15.3. The van der Waals surface area contributed by atoms with E-state index in [1.165, 1.54) is 18.2 Å². The van der Waals surface area contributed by atoms with Crippen LogP contribution in [0.3, 0.4) is 0 Å². The van der Waals surface area contributed by atoms with Crippen molar-refractivity contribution in [1.82, 2.24) is 0 Å². The fourth-order valence-corrected chi connectivity index (χ4v) is 3.83.